The molecule has 0 bridgehead atoms. The van der Waals surface area contributed by atoms with Crippen LogP contribution in [0.2, 0.25) is 5.02 Å². The van der Waals surface area contributed by atoms with Crippen LogP contribution in [-0.4, -0.2) is 35.3 Å². The van der Waals surface area contributed by atoms with Crippen molar-refractivity contribution in [2.45, 2.75) is 51.9 Å². The van der Waals surface area contributed by atoms with Gasteiger partial charge in [0.1, 0.15) is 5.60 Å². The molecule has 1 unspecified atom stereocenters. The number of ether oxygens (including phenoxy) is 2. The Kier molecular flexibility index (Phi) is 5.03. The van der Waals surface area contributed by atoms with Crippen LogP contribution in [0.5, 0.6) is 0 Å². The lowest BCUT2D eigenvalue weighted by Gasteiger charge is -2.27. The highest BCUT2D eigenvalue weighted by Gasteiger charge is 2.38. The highest BCUT2D eigenvalue weighted by Crippen LogP contribution is 2.27. The van der Waals surface area contributed by atoms with Crippen LogP contribution in [0.15, 0.2) is 24.3 Å². The van der Waals surface area contributed by atoms with Gasteiger partial charge in [0.25, 0.3) is 0 Å². The van der Waals surface area contributed by atoms with Crippen LogP contribution in [0.3, 0.4) is 0 Å². The van der Waals surface area contributed by atoms with E-state index in [0.29, 0.717) is 24.7 Å². The first kappa shape index (κ1) is 17.1. The first-order chi connectivity index (χ1) is 10.2. The molecule has 1 amide bonds. The molecule has 1 heterocycles. The molecule has 1 aliphatic rings. The van der Waals surface area contributed by atoms with Gasteiger partial charge in [-0.15, -0.1) is 0 Å². The minimum absolute atomic E-state index is 0.272. The maximum atomic E-state index is 12.1. The summed E-state index contributed by atoms with van der Waals surface area (Å²) in [4.78, 5) is 13.8. The van der Waals surface area contributed by atoms with Crippen LogP contribution in [-0.2, 0) is 16.1 Å². The lowest BCUT2D eigenvalue weighted by Crippen LogP contribution is -2.39. The first-order valence-electron chi connectivity index (χ1n) is 7.53. The van der Waals surface area contributed by atoms with Crippen molar-refractivity contribution in [2.75, 3.05) is 13.1 Å². The van der Waals surface area contributed by atoms with Crippen molar-refractivity contribution < 1.29 is 14.3 Å². The number of benzene rings is 1. The van der Waals surface area contributed by atoms with Gasteiger partial charge in [0.15, 0.2) is 0 Å². The summed E-state index contributed by atoms with van der Waals surface area (Å²) in [6, 6.07) is 7.60. The van der Waals surface area contributed by atoms with Gasteiger partial charge in [-0.05, 0) is 51.8 Å². The lowest BCUT2D eigenvalue weighted by molar-refractivity contribution is -0.0374. The van der Waals surface area contributed by atoms with Crippen molar-refractivity contribution >= 4 is 17.7 Å². The van der Waals surface area contributed by atoms with Gasteiger partial charge in [-0.25, -0.2) is 4.79 Å². The smallest absolute Gasteiger partial charge is 0.410 e. The Morgan fingerprint density at radius 2 is 1.95 bits per heavy atom. The van der Waals surface area contributed by atoms with E-state index < -0.39 is 5.60 Å². The molecule has 0 aromatic heterocycles. The third-order valence-electron chi connectivity index (χ3n) is 3.59. The molecule has 1 aromatic rings. The Hall–Kier alpha value is -1.26. The number of amides is 1. The van der Waals surface area contributed by atoms with Gasteiger partial charge in [-0.1, -0.05) is 23.7 Å². The monoisotopic (exact) mass is 325 g/mol. The Morgan fingerprint density at radius 3 is 2.55 bits per heavy atom. The third kappa shape index (κ3) is 4.89. The number of hydrogen-bond acceptors (Lipinski definition) is 3. The minimum Gasteiger partial charge on any atom is -0.444 e. The highest BCUT2D eigenvalue weighted by atomic mass is 35.5. The summed E-state index contributed by atoms with van der Waals surface area (Å²) in [5.74, 6) is 0. The van der Waals surface area contributed by atoms with Crippen LogP contribution in [0.4, 0.5) is 4.79 Å². The fourth-order valence-electron chi connectivity index (χ4n) is 2.37. The molecule has 1 saturated heterocycles. The Bertz CT molecular complexity index is 524. The standard InChI is InChI=1S/C17H24ClNO3/c1-16(2,3)22-15(20)19-10-9-17(4,12-19)21-11-13-5-7-14(18)8-6-13/h5-8H,9-12H2,1-4H3. The van der Waals surface area contributed by atoms with E-state index in [-0.39, 0.29) is 11.7 Å². The molecule has 1 aliphatic heterocycles. The van der Waals surface area contributed by atoms with Crippen molar-refractivity contribution in [1.82, 2.24) is 4.90 Å². The largest absolute Gasteiger partial charge is 0.444 e. The maximum absolute atomic E-state index is 12.1. The average Bonchev–Trinajstić information content (AvgIpc) is 2.80. The molecule has 1 aromatic carbocycles. The Balaban J connectivity index is 1.87. The number of halogens is 1. The van der Waals surface area contributed by atoms with Crippen LogP contribution < -0.4 is 0 Å². The molecular formula is C17H24ClNO3. The van der Waals surface area contributed by atoms with Gasteiger partial charge in [0.2, 0.25) is 0 Å². The van der Waals surface area contributed by atoms with Crippen LogP contribution in [0.25, 0.3) is 0 Å². The van der Waals surface area contributed by atoms with E-state index in [4.69, 9.17) is 21.1 Å². The van der Waals surface area contributed by atoms with E-state index in [2.05, 4.69) is 0 Å². The number of carbonyl (C=O) groups excluding carboxylic acids is 1. The topological polar surface area (TPSA) is 38.8 Å². The maximum Gasteiger partial charge on any atom is 0.410 e. The summed E-state index contributed by atoms with van der Waals surface area (Å²) >= 11 is 5.87. The summed E-state index contributed by atoms with van der Waals surface area (Å²) in [6.45, 7) is 9.37. The number of carbonyl (C=O) groups is 1. The molecule has 2 rings (SSSR count). The predicted molar refractivity (Wildman–Crippen MR) is 87.1 cm³/mol. The zero-order valence-corrected chi connectivity index (χ0v) is 14.4. The second kappa shape index (κ2) is 6.47. The minimum atomic E-state index is -0.472. The van der Waals surface area contributed by atoms with E-state index >= 15 is 0 Å². The molecule has 0 saturated carbocycles. The number of likely N-dealkylation sites (tertiary alicyclic amines) is 1. The average molecular weight is 326 g/mol. The summed E-state index contributed by atoms with van der Waals surface area (Å²) in [6.07, 6.45) is 0.533. The fraction of sp³-hybridized carbons (Fsp3) is 0.588. The molecular weight excluding hydrogens is 302 g/mol. The predicted octanol–water partition coefficient (Wildman–Crippen LogP) is 4.26. The van der Waals surface area contributed by atoms with Crippen LogP contribution in [0, 0.1) is 0 Å². The van der Waals surface area contributed by atoms with Crippen molar-refractivity contribution in [3.8, 4) is 0 Å². The van der Waals surface area contributed by atoms with Gasteiger partial charge in [0, 0.05) is 11.6 Å². The molecule has 22 heavy (non-hydrogen) atoms. The summed E-state index contributed by atoms with van der Waals surface area (Å²) in [7, 11) is 0. The zero-order valence-electron chi connectivity index (χ0n) is 13.7. The number of rotatable bonds is 3. The van der Waals surface area contributed by atoms with Gasteiger partial charge in [-0.2, -0.15) is 0 Å². The van der Waals surface area contributed by atoms with Gasteiger partial charge < -0.3 is 14.4 Å². The molecule has 1 fully saturated rings. The zero-order chi connectivity index (χ0) is 16.4. The van der Waals surface area contributed by atoms with Gasteiger partial charge in [0.05, 0.1) is 18.8 Å². The molecule has 0 aliphatic carbocycles. The summed E-state index contributed by atoms with van der Waals surface area (Å²) < 4.78 is 11.4. The third-order valence-corrected chi connectivity index (χ3v) is 3.84. The van der Waals surface area contributed by atoms with Gasteiger partial charge in [-0.3, -0.25) is 0 Å². The first-order valence-corrected chi connectivity index (χ1v) is 7.91. The molecule has 122 valence electrons. The molecule has 0 spiro atoms. The molecule has 1 atom stereocenters. The SMILES string of the molecule is CC(C)(C)OC(=O)N1CCC(C)(OCc2ccc(Cl)cc2)C1. The molecule has 0 N–H and O–H groups in total. The van der Waals surface area contributed by atoms with E-state index in [0.717, 1.165) is 12.0 Å². The van der Waals surface area contributed by atoms with Crippen LogP contribution >= 0.6 is 11.6 Å². The summed E-state index contributed by atoms with van der Waals surface area (Å²) in [5, 5.41) is 0.715. The highest BCUT2D eigenvalue weighted by molar-refractivity contribution is 6.30. The van der Waals surface area contributed by atoms with Crippen LogP contribution in [0.1, 0.15) is 39.7 Å². The van der Waals surface area contributed by atoms with Crippen molar-refractivity contribution in [3.05, 3.63) is 34.9 Å². The normalized spacial score (nSPS) is 22.0. The molecule has 5 heteroatoms. The number of nitrogens with zero attached hydrogens (tertiary/aromatic N) is 1. The molecule has 0 radical (unpaired) electrons. The number of hydrogen-bond donors (Lipinski definition) is 0. The Labute approximate surface area is 137 Å². The quantitative estimate of drug-likeness (QED) is 0.833. The van der Waals surface area contributed by atoms with E-state index in [1.165, 1.54) is 0 Å². The van der Waals surface area contributed by atoms with Gasteiger partial charge >= 0.3 is 6.09 Å². The fourth-order valence-corrected chi connectivity index (χ4v) is 2.50. The van der Waals surface area contributed by atoms with Crippen molar-refractivity contribution in [3.63, 3.8) is 0 Å². The van der Waals surface area contributed by atoms with Crippen molar-refractivity contribution in [1.29, 1.82) is 0 Å². The van der Waals surface area contributed by atoms with E-state index in [1.807, 2.05) is 52.0 Å². The summed E-state index contributed by atoms with van der Waals surface area (Å²) in [5.41, 5.74) is 0.262. The molecule has 4 nitrogen and oxygen atoms in total. The second-order valence-electron chi connectivity index (χ2n) is 7.02. The van der Waals surface area contributed by atoms with Crippen molar-refractivity contribution in [2.24, 2.45) is 0 Å². The Morgan fingerprint density at radius 1 is 1.32 bits per heavy atom. The lowest BCUT2D eigenvalue weighted by atomic mass is 10.1. The van der Waals surface area contributed by atoms with E-state index in [1.54, 1.807) is 4.90 Å². The van der Waals surface area contributed by atoms with E-state index in [9.17, 15) is 4.79 Å². The second-order valence-corrected chi connectivity index (χ2v) is 7.45.